The monoisotopic (exact) mass is 425 g/mol. The minimum absolute atomic E-state index is 0.0496. The number of benzene rings is 2. The second-order valence-corrected chi connectivity index (χ2v) is 7.40. The molecule has 1 fully saturated rings. The highest BCUT2D eigenvalue weighted by molar-refractivity contribution is 8.18. The van der Waals surface area contributed by atoms with E-state index < -0.39 is 4.92 Å². The van der Waals surface area contributed by atoms with E-state index in [1.54, 1.807) is 60.7 Å². The van der Waals surface area contributed by atoms with Crippen molar-refractivity contribution in [2.45, 2.75) is 0 Å². The minimum atomic E-state index is -0.463. The Labute approximate surface area is 174 Å². The highest BCUT2D eigenvalue weighted by atomic mass is 35.5. The van der Waals surface area contributed by atoms with Gasteiger partial charge in [0.15, 0.2) is 5.17 Å². The van der Waals surface area contributed by atoms with Crippen LogP contribution in [-0.2, 0) is 4.79 Å². The molecule has 0 bridgehead atoms. The highest BCUT2D eigenvalue weighted by Crippen LogP contribution is 2.33. The molecular formula is C20H12ClN3O4S. The minimum Gasteiger partial charge on any atom is -0.456 e. The molecule has 0 spiro atoms. The van der Waals surface area contributed by atoms with Crippen molar-refractivity contribution < 1.29 is 14.1 Å². The summed E-state index contributed by atoms with van der Waals surface area (Å²) in [4.78, 5) is 27.7. The molecular weight excluding hydrogens is 414 g/mol. The fourth-order valence-corrected chi connectivity index (χ4v) is 3.61. The lowest BCUT2D eigenvalue weighted by molar-refractivity contribution is -0.384. The lowest BCUT2D eigenvalue weighted by Gasteiger charge is -1.98. The van der Waals surface area contributed by atoms with Crippen LogP contribution in [0.4, 0.5) is 11.4 Å². The molecule has 1 aliphatic heterocycles. The molecule has 1 aliphatic rings. The van der Waals surface area contributed by atoms with Crippen molar-refractivity contribution in [3.05, 3.63) is 86.5 Å². The Morgan fingerprint density at radius 2 is 1.86 bits per heavy atom. The zero-order chi connectivity index (χ0) is 20.4. The molecule has 0 atom stereocenters. The van der Waals surface area contributed by atoms with Crippen molar-refractivity contribution in [3.8, 4) is 11.3 Å². The second kappa shape index (κ2) is 7.94. The molecule has 29 heavy (non-hydrogen) atoms. The first-order chi connectivity index (χ1) is 14.0. The number of carbonyl (C=O) groups is 1. The fourth-order valence-electron chi connectivity index (χ4n) is 2.66. The number of amides is 1. The van der Waals surface area contributed by atoms with Gasteiger partial charge in [-0.2, -0.15) is 0 Å². The van der Waals surface area contributed by atoms with Crippen LogP contribution in [0.5, 0.6) is 0 Å². The van der Waals surface area contributed by atoms with Gasteiger partial charge in [0.25, 0.3) is 11.6 Å². The summed E-state index contributed by atoms with van der Waals surface area (Å²) < 4.78 is 5.71. The standard InChI is InChI=1S/C20H12ClN3O4S/c21-12-5-7-13(8-6-12)22-20-23-19(25)18(29-20)11-14-9-10-17(28-14)15-3-1-2-4-16(15)24(26)27/h1-11H,(H,22,23,25). The normalized spacial score (nSPS) is 16.4. The summed E-state index contributed by atoms with van der Waals surface area (Å²) in [6, 6.07) is 16.5. The fraction of sp³-hybridized carbons (Fsp3) is 0. The van der Waals surface area contributed by atoms with E-state index in [9.17, 15) is 14.9 Å². The van der Waals surface area contributed by atoms with Gasteiger partial charge < -0.3 is 9.73 Å². The average Bonchev–Trinajstić information content (AvgIpc) is 3.30. The summed E-state index contributed by atoms with van der Waals surface area (Å²) >= 11 is 7.03. The third-order valence-electron chi connectivity index (χ3n) is 3.97. The predicted molar refractivity (Wildman–Crippen MR) is 113 cm³/mol. The lowest BCUT2D eigenvalue weighted by Crippen LogP contribution is -2.19. The molecule has 0 saturated carbocycles. The Bertz CT molecular complexity index is 1170. The predicted octanol–water partition coefficient (Wildman–Crippen LogP) is 5.40. The topological polar surface area (TPSA) is 97.7 Å². The number of nitro groups is 1. The first-order valence-corrected chi connectivity index (χ1v) is 9.58. The summed E-state index contributed by atoms with van der Waals surface area (Å²) in [5.41, 5.74) is 0.984. The number of hydrogen-bond donors (Lipinski definition) is 1. The second-order valence-electron chi connectivity index (χ2n) is 5.93. The first-order valence-electron chi connectivity index (χ1n) is 8.38. The molecule has 0 radical (unpaired) electrons. The maximum atomic E-state index is 12.2. The number of nitro benzene ring substituents is 1. The van der Waals surface area contributed by atoms with Gasteiger partial charge in [-0.1, -0.05) is 23.7 Å². The van der Waals surface area contributed by atoms with Gasteiger partial charge in [0.1, 0.15) is 11.5 Å². The van der Waals surface area contributed by atoms with Crippen molar-refractivity contribution in [1.82, 2.24) is 5.32 Å². The van der Waals surface area contributed by atoms with Crippen LogP contribution in [0.1, 0.15) is 5.76 Å². The molecule has 0 unspecified atom stereocenters. The molecule has 1 amide bonds. The molecule has 2 heterocycles. The molecule has 7 nitrogen and oxygen atoms in total. The third kappa shape index (κ3) is 4.23. The van der Waals surface area contributed by atoms with Crippen LogP contribution in [-0.4, -0.2) is 16.0 Å². The summed E-state index contributed by atoms with van der Waals surface area (Å²) in [7, 11) is 0. The van der Waals surface area contributed by atoms with E-state index in [2.05, 4.69) is 10.3 Å². The van der Waals surface area contributed by atoms with Crippen molar-refractivity contribution >= 4 is 51.9 Å². The number of rotatable bonds is 4. The molecule has 4 rings (SSSR count). The number of para-hydroxylation sites is 1. The zero-order valence-electron chi connectivity index (χ0n) is 14.7. The van der Waals surface area contributed by atoms with Crippen molar-refractivity contribution in [1.29, 1.82) is 0 Å². The number of nitrogens with zero attached hydrogens (tertiary/aromatic N) is 2. The van der Waals surface area contributed by atoms with Gasteiger partial charge in [-0.05, 0) is 54.2 Å². The largest absolute Gasteiger partial charge is 0.456 e. The number of halogens is 1. The van der Waals surface area contributed by atoms with E-state index in [-0.39, 0.29) is 11.6 Å². The zero-order valence-corrected chi connectivity index (χ0v) is 16.2. The van der Waals surface area contributed by atoms with Gasteiger partial charge in [-0.25, -0.2) is 4.99 Å². The number of nitrogens with one attached hydrogen (secondary N) is 1. The van der Waals surface area contributed by atoms with Gasteiger partial charge in [0.05, 0.1) is 21.1 Å². The Kier molecular flexibility index (Phi) is 5.20. The quantitative estimate of drug-likeness (QED) is 0.343. The highest BCUT2D eigenvalue weighted by Gasteiger charge is 2.24. The van der Waals surface area contributed by atoms with Crippen molar-refractivity contribution in [2.75, 3.05) is 0 Å². The number of hydrogen-bond acceptors (Lipinski definition) is 6. The van der Waals surface area contributed by atoms with E-state index in [1.807, 2.05) is 0 Å². The number of furan rings is 1. The van der Waals surface area contributed by atoms with Crippen molar-refractivity contribution in [2.24, 2.45) is 4.99 Å². The molecule has 0 aliphatic carbocycles. The van der Waals surface area contributed by atoms with Crippen LogP contribution in [0.25, 0.3) is 17.4 Å². The van der Waals surface area contributed by atoms with Gasteiger partial charge in [0.2, 0.25) is 0 Å². The Morgan fingerprint density at radius 1 is 1.10 bits per heavy atom. The SMILES string of the molecule is O=C1NC(=Nc2ccc(Cl)cc2)SC1=Cc1ccc(-c2ccccc2[N+](=O)[O-])o1. The molecule has 1 N–H and O–H groups in total. The van der Waals surface area contributed by atoms with Crippen LogP contribution >= 0.6 is 23.4 Å². The van der Waals surface area contributed by atoms with Crippen LogP contribution < -0.4 is 5.32 Å². The Morgan fingerprint density at radius 3 is 2.62 bits per heavy atom. The van der Waals surface area contributed by atoms with Crippen LogP contribution in [0.3, 0.4) is 0 Å². The van der Waals surface area contributed by atoms with E-state index in [4.69, 9.17) is 16.0 Å². The summed E-state index contributed by atoms with van der Waals surface area (Å²) in [6.45, 7) is 0. The molecule has 1 aromatic heterocycles. The van der Waals surface area contributed by atoms with Gasteiger partial charge >= 0.3 is 0 Å². The molecule has 2 aromatic carbocycles. The molecule has 144 valence electrons. The molecule has 3 aromatic rings. The maximum Gasteiger partial charge on any atom is 0.280 e. The van der Waals surface area contributed by atoms with E-state index in [0.29, 0.717) is 37.9 Å². The average molecular weight is 426 g/mol. The Balaban J connectivity index is 1.57. The van der Waals surface area contributed by atoms with Crippen LogP contribution in [0.15, 0.2) is 75.0 Å². The first kappa shape index (κ1) is 19.0. The van der Waals surface area contributed by atoms with E-state index in [0.717, 1.165) is 0 Å². The number of carbonyl (C=O) groups excluding carboxylic acids is 1. The maximum absolute atomic E-state index is 12.2. The number of thioether (sulfide) groups is 1. The van der Waals surface area contributed by atoms with Gasteiger partial charge in [-0.15, -0.1) is 0 Å². The number of aliphatic imine (C=N–C) groups is 1. The summed E-state index contributed by atoms with van der Waals surface area (Å²) in [6.07, 6.45) is 1.57. The lowest BCUT2D eigenvalue weighted by atomic mass is 10.1. The molecule has 1 saturated heterocycles. The Hall–Kier alpha value is -3.36. The van der Waals surface area contributed by atoms with Crippen LogP contribution in [0, 0.1) is 10.1 Å². The van der Waals surface area contributed by atoms with E-state index in [1.165, 1.54) is 17.8 Å². The van der Waals surface area contributed by atoms with Crippen molar-refractivity contribution in [3.63, 3.8) is 0 Å². The van der Waals surface area contributed by atoms with Gasteiger partial charge in [0, 0.05) is 17.2 Å². The van der Waals surface area contributed by atoms with Crippen LogP contribution in [0.2, 0.25) is 5.02 Å². The summed E-state index contributed by atoms with van der Waals surface area (Å²) in [5.74, 6) is 0.456. The third-order valence-corrected chi connectivity index (χ3v) is 5.14. The smallest absolute Gasteiger partial charge is 0.280 e. The van der Waals surface area contributed by atoms with E-state index >= 15 is 0 Å². The molecule has 9 heteroatoms. The number of amidine groups is 1. The summed E-state index contributed by atoms with van der Waals surface area (Å²) in [5, 5.41) is 14.9. The van der Waals surface area contributed by atoms with Gasteiger partial charge in [-0.3, -0.25) is 14.9 Å².